The van der Waals surface area contributed by atoms with E-state index in [2.05, 4.69) is 15.0 Å². The van der Waals surface area contributed by atoms with Crippen molar-refractivity contribution in [2.24, 2.45) is 5.14 Å². The highest BCUT2D eigenvalue weighted by Gasteiger charge is 2.10. The monoisotopic (exact) mass is 308 g/mol. The van der Waals surface area contributed by atoms with E-state index < -0.39 is 21.7 Å². The van der Waals surface area contributed by atoms with Gasteiger partial charge in [0.1, 0.15) is 5.56 Å². The summed E-state index contributed by atoms with van der Waals surface area (Å²) in [6, 6.07) is 8.81. The molecule has 0 radical (unpaired) electrons. The zero-order chi connectivity index (χ0) is 15.5. The van der Waals surface area contributed by atoms with Crippen molar-refractivity contribution in [1.29, 1.82) is 0 Å². The molecule has 0 unspecified atom stereocenters. The van der Waals surface area contributed by atoms with E-state index in [4.69, 9.17) is 5.14 Å². The Morgan fingerprint density at radius 1 is 1.14 bits per heavy atom. The molecule has 2 aromatic rings. The fraction of sp³-hybridized carbons (Fsp3) is 0. The average Bonchev–Trinajstić information content (AvgIpc) is 2.37. The fourth-order valence-electron chi connectivity index (χ4n) is 1.62. The molecule has 5 N–H and O–H groups in total. The van der Waals surface area contributed by atoms with Gasteiger partial charge in [0.2, 0.25) is 0 Å². The third-order valence-electron chi connectivity index (χ3n) is 2.44. The molecule has 0 spiro atoms. The molecule has 1 amide bonds. The summed E-state index contributed by atoms with van der Waals surface area (Å²) in [5.41, 5.74) is -0.0645. The van der Waals surface area contributed by atoms with Gasteiger partial charge in [0.25, 0.3) is 21.7 Å². The number of aromatic amines is 1. The number of pyridine rings is 1. The minimum Gasteiger partial charge on any atom is -0.328 e. The van der Waals surface area contributed by atoms with Crippen LogP contribution in [0, 0.1) is 0 Å². The summed E-state index contributed by atoms with van der Waals surface area (Å²) in [5, 5.41) is 7.35. The molecule has 0 aliphatic carbocycles. The third kappa shape index (κ3) is 4.16. The second kappa shape index (κ2) is 5.77. The molecule has 0 saturated carbocycles. The summed E-state index contributed by atoms with van der Waals surface area (Å²) in [6.45, 7) is 0. The molecule has 0 aliphatic heterocycles. The Kier molecular flexibility index (Phi) is 4.05. The first kappa shape index (κ1) is 14.8. The Morgan fingerprint density at radius 2 is 1.86 bits per heavy atom. The summed E-state index contributed by atoms with van der Waals surface area (Å²) >= 11 is 0. The van der Waals surface area contributed by atoms with Gasteiger partial charge in [-0.15, -0.1) is 0 Å². The Bertz CT molecular complexity index is 829. The number of H-pyrrole nitrogens is 1. The van der Waals surface area contributed by atoms with E-state index in [1.165, 1.54) is 36.5 Å². The van der Waals surface area contributed by atoms with Crippen LogP contribution in [0.15, 0.2) is 47.4 Å². The van der Waals surface area contributed by atoms with Crippen LogP contribution >= 0.6 is 0 Å². The molecular formula is C12H12N4O4S. The first-order chi connectivity index (χ1) is 9.85. The number of carbonyl (C=O) groups excluding carboxylic acids is 1. The van der Waals surface area contributed by atoms with E-state index in [-0.39, 0.29) is 11.3 Å². The van der Waals surface area contributed by atoms with Crippen LogP contribution in [0.3, 0.4) is 0 Å². The summed E-state index contributed by atoms with van der Waals surface area (Å²) in [5.74, 6) is -0.607. The standard InChI is InChI=1S/C12H12N4O4S/c13-21(19,20)16-9-4-1-3-8(7-9)15-12(18)10-5-2-6-14-11(10)17/h1-7,16H,(H,14,17)(H,15,18)(H2,13,19,20). The van der Waals surface area contributed by atoms with Crippen LogP contribution in [0.4, 0.5) is 11.4 Å². The first-order valence-corrected chi connectivity index (χ1v) is 7.29. The highest BCUT2D eigenvalue weighted by Crippen LogP contribution is 2.16. The van der Waals surface area contributed by atoms with Crippen molar-refractivity contribution < 1.29 is 13.2 Å². The number of anilines is 2. The molecule has 0 fully saturated rings. The summed E-state index contributed by atoms with van der Waals surface area (Å²) in [6.07, 6.45) is 1.41. The molecule has 9 heteroatoms. The SMILES string of the molecule is NS(=O)(=O)Nc1cccc(NC(=O)c2ccc[nH]c2=O)c1. The number of hydrogen-bond donors (Lipinski definition) is 4. The number of nitrogens with one attached hydrogen (secondary N) is 3. The molecule has 8 nitrogen and oxygen atoms in total. The van der Waals surface area contributed by atoms with E-state index >= 15 is 0 Å². The second-order valence-electron chi connectivity index (χ2n) is 4.09. The molecule has 1 aromatic heterocycles. The lowest BCUT2D eigenvalue weighted by Crippen LogP contribution is -2.23. The van der Waals surface area contributed by atoms with Crippen molar-refractivity contribution in [3.63, 3.8) is 0 Å². The van der Waals surface area contributed by atoms with Crippen molar-refractivity contribution in [3.8, 4) is 0 Å². The predicted octanol–water partition coefficient (Wildman–Crippen LogP) is 0.243. The van der Waals surface area contributed by atoms with Crippen LogP contribution in [-0.2, 0) is 10.2 Å². The summed E-state index contributed by atoms with van der Waals surface area (Å²) in [4.78, 5) is 25.8. The molecule has 0 atom stereocenters. The molecule has 21 heavy (non-hydrogen) atoms. The molecule has 0 saturated heterocycles. The van der Waals surface area contributed by atoms with Gasteiger partial charge in [0.05, 0.1) is 5.69 Å². The molecule has 110 valence electrons. The minimum absolute atomic E-state index is 0.0534. The maximum absolute atomic E-state index is 11.9. The number of nitrogens with two attached hydrogens (primary N) is 1. The average molecular weight is 308 g/mol. The predicted molar refractivity (Wildman–Crippen MR) is 78.2 cm³/mol. The van der Waals surface area contributed by atoms with Gasteiger partial charge in [-0.2, -0.15) is 8.42 Å². The van der Waals surface area contributed by atoms with Crippen LogP contribution < -0.4 is 20.7 Å². The topological polar surface area (TPSA) is 134 Å². The normalized spacial score (nSPS) is 10.9. The van der Waals surface area contributed by atoms with Gasteiger partial charge in [0, 0.05) is 11.9 Å². The Labute approximate surface area is 120 Å². The third-order valence-corrected chi connectivity index (χ3v) is 2.96. The van der Waals surface area contributed by atoms with Crippen molar-refractivity contribution in [3.05, 3.63) is 58.5 Å². The van der Waals surface area contributed by atoms with E-state index in [1.807, 2.05) is 0 Å². The number of carbonyl (C=O) groups is 1. The van der Waals surface area contributed by atoms with E-state index in [0.717, 1.165) is 0 Å². The maximum atomic E-state index is 11.9. The van der Waals surface area contributed by atoms with Crippen LogP contribution in [0.2, 0.25) is 0 Å². The number of hydrogen-bond acceptors (Lipinski definition) is 4. The molecule has 1 heterocycles. The van der Waals surface area contributed by atoms with Gasteiger partial charge in [0.15, 0.2) is 0 Å². The number of aromatic nitrogens is 1. The minimum atomic E-state index is -3.90. The molecular weight excluding hydrogens is 296 g/mol. The smallest absolute Gasteiger partial charge is 0.296 e. The van der Waals surface area contributed by atoms with Gasteiger partial charge in [-0.3, -0.25) is 14.3 Å². The van der Waals surface area contributed by atoms with E-state index in [9.17, 15) is 18.0 Å². The van der Waals surface area contributed by atoms with Gasteiger partial charge in [-0.05, 0) is 30.3 Å². The van der Waals surface area contributed by atoms with Crippen LogP contribution in [0.5, 0.6) is 0 Å². The molecule has 0 bridgehead atoms. The summed E-state index contributed by atoms with van der Waals surface area (Å²) < 4.78 is 23.9. The second-order valence-corrected chi connectivity index (χ2v) is 5.39. The van der Waals surface area contributed by atoms with Crippen molar-refractivity contribution in [2.45, 2.75) is 0 Å². The fourth-order valence-corrected chi connectivity index (χ4v) is 2.08. The van der Waals surface area contributed by atoms with Crippen molar-refractivity contribution >= 4 is 27.5 Å². The largest absolute Gasteiger partial charge is 0.328 e. The molecule has 2 rings (SSSR count). The molecule has 1 aromatic carbocycles. The Hall–Kier alpha value is -2.65. The lowest BCUT2D eigenvalue weighted by molar-refractivity contribution is 0.102. The lowest BCUT2D eigenvalue weighted by atomic mass is 10.2. The Morgan fingerprint density at radius 3 is 2.52 bits per heavy atom. The summed E-state index contributed by atoms with van der Waals surface area (Å²) in [7, 11) is -3.90. The number of benzene rings is 1. The maximum Gasteiger partial charge on any atom is 0.296 e. The van der Waals surface area contributed by atoms with Crippen LogP contribution in [0.1, 0.15) is 10.4 Å². The van der Waals surface area contributed by atoms with Crippen LogP contribution in [-0.4, -0.2) is 19.3 Å². The Balaban J connectivity index is 2.21. The molecule has 0 aliphatic rings. The van der Waals surface area contributed by atoms with Crippen LogP contribution in [0.25, 0.3) is 0 Å². The first-order valence-electron chi connectivity index (χ1n) is 5.75. The highest BCUT2D eigenvalue weighted by molar-refractivity contribution is 7.90. The number of amides is 1. The van der Waals surface area contributed by atoms with E-state index in [1.54, 1.807) is 6.07 Å². The highest BCUT2D eigenvalue weighted by atomic mass is 32.2. The van der Waals surface area contributed by atoms with Crippen molar-refractivity contribution in [2.75, 3.05) is 10.0 Å². The zero-order valence-corrected chi connectivity index (χ0v) is 11.5. The van der Waals surface area contributed by atoms with Crippen molar-refractivity contribution in [1.82, 2.24) is 4.98 Å². The van der Waals surface area contributed by atoms with E-state index in [0.29, 0.717) is 5.69 Å². The van der Waals surface area contributed by atoms with Gasteiger partial charge in [-0.1, -0.05) is 6.07 Å². The quantitative estimate of drug-likeness (QED) is 0.643. The number of rotatable bonds is 4. The van der Waals surface area contributed by atoms with Gasteiger partial charge < -0.3 is 10.3 Å². The lowest BCUT2D eigenvalue weighted by Gasteiger charge is -2.07. The zero-order valence-electron chi connectivity index (χ0n) is 10.7. The van der Waals surface area contributed by atoms with Gasteiger partial charge >= 0.3 is 0 Å². The van der Waals surface area contributed by atoms with Gasteiger partial charge in [-0.25, -0.2) is 5.14 Å².